The lowest BCUT2D eigenvalue weighted by molar-refractivity contribution is 0.678. The van der Waals surface area contributed by atoms with E-state index in [0.717, 1.165) is 18.8 Å². The largest absolute Gasteiger partial charge is 0.307 e. The van der Waals surface area contributed by atoms with Gasteiger partial charge in [-0.25, -0.2) is 0 Å². The fourth-order valence-corrected chi connectivity index (χ4v) is 1.50. The van der Waals surface area contributed by atoms with Gasteiger partial charge in [0.2, 0.25) is 0 Å². The van der Waals surface area contributed by atoms with Gasteiger partial charge in [-0.1, -0.05) is 6.07 Å². The standard InChI is InChI=1S/C12H16N4/c1-10-3-4-12(14-5-10)8-13-6-11-7-15-16(2)9-11/h3-5,7,9,13H,6,8H2,1-2H3. The molecule has 84 valence electrons. The Morgan fingerprint density at radius 1 is 1.25 bits per heavy atom. The van der Waals surface area contributed by atoms with Gasteiger partial charge in [-0.3, -0.25) is 9.67 Å². The van der Waals surface area contributed by atoms with Crippen molar-refractivity contribution < 1.29 is 0 Å². The molecule has 2 aromatic heterocycles. The van der Waals surface area contributed by atoms with Crippen molar-refractivity contribution in [1.82, 2.24) is 20.1 Å². The SMILES string of the molecule is Cc1ccc(CNCc2cnn(C)c2)nc1. The van der Waals surface area contributed by atoms with E-state index >= 15 is 0 Å². The molecular weight excluding hydrogens is 200 g/mol. The molecule has 0 saturated carbocycles. The maximum absolute atomic E-state index is 4.33. The van der Waals surface area contributed by atoms with Gasteiger partial charge in [-0.2, -0.15) is 5.10 Å². The first-order valence-corrected chi connectivity index (χ1v) is 5.34. The predicted octanol–water partition coefficient (Wildman–Crippen LogP) is 1.41. The van der Waals surface area contributed by atoms with Gasteiger partial charge < -0.3 is 5.32 Å². The van der Waals surface area contributed by atoms with Gasteiger partial charge >= 0.3 is 0 Å². The highest BCUT2D eigenvalue weighted by atomic mass is 15.2. The molecule has 0 bridgehead atoms. The van der Waals surface area contributed by atoms with Crippen LogP contribution in [0, 0.1) is 6.92 Å². The van der Waals surface area contributed by atoms with Gasteiger partial charge in [0.15, 0.2) is 0 Å². The molecule has 0 saturated heterocycles. The maximum atomic E-state index is 4.33. The molecule has 0 unspecified atom stereocenters. The second kappa shape index (κ2) is 4.90. The number of hydrogen-bond donors (Lipinski definition) is 1. The second-order valence-corrected chi connectivity index (χ2v) is 3.95. The van der Waals surface area contributed by atoms with Crippen LogP contribution in [-0.2, 0) is 20.1 Å². The van der Waals surface area contributed by atoms with Crippen molar-refractivity contribution in [2.24, 2.45) is 7.05 Å². The van der Waals surface area contributed by atoms with E-state index in [1.165, 1.54) is 11.1 Å². The topological polar surface area (TPSA) is 42.7 Å². The van der Waals surface area contributed by atoms with Crippen LogP contribution in [-0.4, -0.2) is 14.8 Å². The van der Waals surface area contributed by atoms with E-state index in [1.807, 2.05) is 38.6 Å². The number of aryl methyl sites for hydroxylation is 2. The minimum Gasteiger partial charge on any atom is -0.307 e. The van der Waals surface area contributed by atoms with Gasteiger partial charge in [0.05, 0.1) is 11.9 Å². The summed E-state index contributed by atoms with van der Waals surface area (Å²) in [6, 6.07) is 4.12. The van der Waals surface area contributed by atoms with Crippen LogP contribution in [0.1, 0.15) is 16.8 Å². The minimum atomic E-state index is 0.787. The monoisotopic (exact) mass is 216 g/mol. The number of pyridine rings is 1. The Balaban J connectivity index is 1.82. The third-order valence-corrected chi connectivity index (χ3v) is 2.37. The molecule has 0 aliphatic rings. The molecule has 0 aromatic carbocycles. The summed E-state index contributed by atoms with van der Waals surface area (Å²) in [7, 11) is 1.92. The van der Waals surface area contributed by atoms with Crippen LogP contribution in [0.4, 0.5) is 0 Å². The number of rotatable bonds is 4. The molecule has 1 N–H and O–H groups in total. The van der Waals surface area contributed by atoms with E-state index < -0.39 is 0 Å². The lowest BCUT2D eigenvalue weighted by Crippen LogP contribution is -2.13. The maximum Gasteiger partial charge on any atom is 0.0541 e. The Bertz CT molecular complexity index is 444. The van der Waals surface area contributed by atoms with Gasteiger partial charge in [-0.15, -0.1) is 0 Å². The smallest absolute Gasteiger partial charge is 0.0541 e. The summed E-state index contributed by atoms with van der Waals surface area (Å²) in [6.07, 6.45) is 5.77. The summed E-state index contributed by atoms with van der Waals surface area (Å²) in [4.78, 5) is 4.33. The van der Waals surface area contributed by atoms with Crippen LogP contribution < -0.4 is 5.32 Å². The van der Waals surface area contributed by atoms with Crippen molar-refractivity contribution in [1.29, 1.82) is 0 Å². The van der Waals surface area contributed by atoms with Crippen LogP contribution in [0.15, 0.2) is 30.7 Å². The molecular formula is C12H16N4. The van der Waals surface area contributed by atoms with Crippen LogP contribution in [0.5, 0.6) is 0 Å². The number of aromatic nitrogens is 3. The summed E-state index contributed by atoms with van der Waals surface area (Å²) < 4.78 is 1.81. The zero-order valence-electron chi connectivity index (χ0n) is 9.64. The van der Waals surface area contributed by atoms with Crippen molar-refractivity contribution in [3.8, 4) is 0 Å². The normalized spacial score (nSPS) is 10.6. The van der Waals surface area contributed by atoms with Crippen molar-refractivity contribution in [3.05, 3.63) is 47.5 Å². The summed E-state index contributed by atoms with van der Waals surface area (Å²) in [5, 5.41) is 7.45. The Hall–Kier alpha value is -1.68. The third-order valence-electron chi connectivity index (χ3n) is 2.37. The number of hydrogen-bond acceptors (Lipinski definition) is 3. The molecule has 2 aromatic rings. The van der Waals surface area contributed by atoms with Crippen molar-refractivity contribution in [3.63, 3.8) is 0 Å². The first-order chi connectivity index (χ1) is 7.74. The molecule has 4 heteroatoms. The Morgan fingerprint density at radius 2 is 2.12 bits per heavy atom. The third kappa shape index (κ3) is 2.90. The van der Waals surface area contributed by atoms with Crippen molar-refractivity contribution >= 4 is 0 Å². The molecule has 0 radical (unpaired) electrons. The van der Waals surface area contributed by atoms with E-state index in [-0.39, 0.29) is 0 Å². The lowest BCUT2D eigenvalue weighted by Gasteiger charge is -2.02. The summed E-state index contributed by atoms with van der Waals surface area (Å²) in [5.41, 5.74) is 3.44. The van der Waals surface area contributed by atoms with E-state index in [9.17, 15) is 0 Å². The Kier molecular flexibility index (Phi) is 3.31. The molecule has 0 fully saturated rings. The zero-order chi connectivity index (χ0) is 11.4. The fourth-order valence-electron chi connectivity index (χ4n) is 1.50. The molecule has 4 nitrogen and oxygen atoms in total. The average molecular weight is 216 g/mol. The lowest BCUT2D eigenvalue weighted by atomic mass is 10.2. The van der Waals surface area contributed by atoms with Crippen LogP contribution >= 0.6 is 0 Å². The second-order valence-electron chi connectivity index (χ2n) is 3.95. The molecule has 2 heterocycles. The van der Waals surface area contributed by atoms with Crippen LogP contribution in [0.25, 0.3) is 0 Å². The van der Waals surface area contributed by atoms with Crippen molar-refractivity contribution in [2.75, 3.05) is 0 Å². The van der Waals surface area contributed by atoms with Crippen molar-refractivity contribution in [2.45, 2.75) is 20.0 Å². The molecule has 16 heavy (non-hydrogen) atoms. The predicted molar refractivity (Wildman–Crippen MR) is 62.7 cm³/mol. The summed E-state index contributed by atoms with van der Waals surface area (Å²) in [6.45, 7) is 3.65. The summed E-state index contributed by atoms with van der Waals surface area (Å²) >= 11 is 0. The first-order valence-electron chi connectivity index (χ1n) is 5.34. The number of nitrogens with zero attached hydrogens (tertiary/aromatic N) is 3. The van der Waals surface area contributed by atoms with Gasteiger partial charge in [0, 0.05) is 38.1 Å². The molecule has 0 amide bonds. The molecule has 0 aliphatic heterocycles. The highest BCUT2D eigenvalue weighted by Gasteiger charge is 1.97. The van der Waals surface area contributed by atoms with E-state index in [4.69, 9.17) is 0 Å². The van der Waals surface area contributed by atoms with Crippen LogP contribution in [0.2, 0.25) is 0 Å². The van der Waals surface area contributed by atoms with Crippen LogP contribution in [0.3, 0.4) is 0 Å². The quantitative estimate of drug-likeness (QED) is 0.840. The molecule has 2 rings (SSSR count). The first kappa shape index (κ1) is 10.8. The minimum absolute atomic E-state index is 0.787. The zero-order valence-corrected chi connectivity index (χ0v) is 9.64. The molecule has 0 spiro atoms. The Morgan fingerprint density at radius 3 is 2.75 bits per heavy atom. The Labute approximate surface area is 95.3 Å². The fraction of sp³-hybridized carbons (Fsp3) is 0.333. The molecule has 0 aliphatic carbocycles. The molecule has 0 atom stereocenters. The van der Waals surface area contributed by atoms with E-state index in [1.54, 1.807) is 4.68 Å². The number of nitrogens with one attached hydrogen (secondary N) is 1. The van der Waals surface area contributed by atoms with E-state index in [2.05, 4.69) is 21.5 Å². The highest BCUT2D eigenvalue weighted by molar-refractivity contribution is 5.12. The highest BCUT2D eigenvalue weighted by Crippen LogP contribution is 1.99. The van der Waals surface area contributed by atoms with Gasteiger partial charge in [0.1, 0.15) is 0 Å². The summed E-state index contributed by atoms with van der Waals surface area (Å²) in [5.74, 6) is 0. The van der Waals surface area contributed by atoms with E-state index in [0.29, 0.717) is 0 Å². The van der Waals surface area contributed by atoms with Gasteiger partial charge in [0.25, 0.3) is 0 Å². The van der Waals surface area contributed by atoms with Gasteiger partial charge in [-0.05, 0) is 18.6 Å². The average Bonchev–Trinajstić information content (AvgIpc) is 2.67.